The van der Waals surface area contributed by atoms with Gasteiger partial charge in [-0.15, -0.1) is 0 Å². The molecular weight excluding hydrogens is 279 g/mol. The average molecular weight is 300 g/mol. The number of rotatable bonds is 3. The number of nitrogens with zero attached hydrogens (tertiary/aromatic N) is 2. The predicted molar refractivity (Wildman–Crippen MR) is 88.7 cm³/mol. The minimum atomic E-state index is -2.71. The standard InChI is InChI=1S/C17H21N2OP/c1-18(2)21(20,19(3)4)17-15-11-7-5-9-13(15)14-10-6-8-12-16(14)17/h5-12,17H,1-4H3. The Bertz CT molecular complexity index is 667. The van der Waals surface area contributed by atoms with E-state index in [0.717, 1.165) is 0 Å². The lowest BCUT2D eigenvalue weighted by molar-refractivity contribution is 0.440. The Kier molecular flexibility index (Phi) is 3.53. The molecule has 4 heteroatoms. The molecule has 3 nitrogen and oxygen atoms in total. The highest BCUT2D eigenvalue weighted by atomic mass is 31.2. The molecule has 0 spiro atoms. The highest BCUT2D eigenvalue weighted by Gasteiger charge is 2.44. The highest BCUT2D eigenvalue weighted by molar-refractivity contribution is 7.59. The zero-order valence-electron chi connectivity index (χ0n) is 12.9. The van der Waals surface area contributed by atoms with Gasteiger partial charge in [0.2, 0.25) is 7.44 Å². The van der Waals surface area contributed by atoms with Crippen molar-refractivity contribution >= 4 is 7.44 Å². The van der Waals surface area contributed by atoms with Gasteiger partial charge in [0.15, 0.2) is 0 Å². The molecule has 0 amide bonds. The van der Waals surface area contributed by atoms with Crippen molar-refractivity contribution in [3.05, 3.63) is 59.7 Å². The van der Waals surface area contributed by atoms with E-state index < -0.39 is 7.44 Å². The first-order chi connectivity index (χ1) is 9.98. The summed E-state index contributed by atoms with van der Waals surface area (Å²) in [5.41, 5.74) is 4.67. The van der Waals surface area contributed by atoms with Gasteiger partial charge in [-0.25, -0.2) is 9.34 Å². The summed E-state index contributed by atoms with van der Waals surface area (Å²) in [6, 6.07) is 16.6. The fourth-order valence-corrected chi connectivity index (χ4v) is 6.13. The second-order valence-corrected chi connectivity index (χ2v) is 9.16. The Morgan fingerprint density at radius 3 is 1.52 bits per heavy atom. The van der Waals surface area contributed by atoms with Gasteiger partial charge in [0.05, 0.1) is 5.66 Å². The molecule has 0 unspecified atom stereocenters. The molecule has 3 rings (SSSR count). The maximum Gasteiger partial charge on any atom is 0.227 e. The summed E-state index contributed by atoms with van der Waals surface area (Å²) in [6.07, 6.45) is 0. The van der Waals surface area contributed by atoms with E-state index in [-0.39, 0.29) is 5.66 Å². The Morgan fingerprint density at radius 2 is 1.14 bits per heavy atom. The largest absolute Gasteiger partial charge is 0.288 e. The van der Waals surface area contributed by atoms with Crippen LogP contribution in [0.15, 0.2) is 48.5 Å². The fraction of sp³-hybridized carbons (Fsp3) is 0.294. The first-order valence-electron chi connectivity index (χ1n) is 7.11. The van der Waals surface area contributed by atoms with Gasteiger partial charge in [0.25, 0.3) is 0 Å². The molecule has 110 valence electrons. The molecule has 0 fully saturated rings. The van der Waals surface area contributed by atoms with Crippen LogP contribution in [0, 0.1) is 0 Å². The zero-order chi connectivity index (χ0) is 15.2. The molecule has 0 saturated carbocycles. The van der Waals surface area contributed by atoms with Crippen molar-refractivity contribution in [2.24, 2.45) is 0 Å². The van der Waals surface area contributed by atoms with Gasteiger partial charge < -0.3 is 0 Å². The van der Waals surface area contributed by atoms with Crippen molar-refractivity contribution in [2.75, 3.05) is 28.2 Å². The average Bonchev–Trinajstić information content (AvgIpc) is 2.81. The zero-order valence-corrected chi connectivity index (χ0v) is 13.8. The predicted octanol–water partition coefficient (Wildman–Crippen LogP) is 4.07. The van der Waals surface area contributed by atoms with E-state index >= 15 is 0 Å². The van der Waals surface area contributed by atoms with Crippen LogP contribution in [0.2, 0.25) is 0 Å². The quantitative estimate of drug-likeness (QED) is 0.798. The lowest BCUT2D eigenvalue weighted by Crippen LogP contribution is -2.25. The number of hydrogen-bond donors (Lipinski definition) is 0. The molecule has 2 aromatic carbocycles. The van der Waals surface area contributed by atoms with Gasteiger partial charge in [0, 0.05) is 0 Å². The van der Waals surface area contributed by atoms with Crippen molar-refractivity contribution in [2.45, 2.75) is 5.66 Å². The first-order valence-corrected chi connectivity index (χ1v) is 8.79. The molecule has 0 saturated heterocycles. The van der Waals surface area contributed by atoms with Crippen LogP contribution in [0.25, 0.3) is 11.1 Å². The van der Waals surface area contributed by atoms with Crippen molar-refractivity contribution < 1.29 is 4.57 Å². The van der Waals surface area contributed by atoms with Crippen molar-refractivity contribution in [3.8, 4) is 11.1 Å². The van der Waals surface area contributed by atoms with E-state index in [2.05, 4.69) is 24.3 Å². The molecule has 0 atom stereocenters. The Balaban J connectivity index is 2.31. The van der Waals surface area contributed by atoms with Gasteiger partial charge in [-0.3, -0.25) is 4.57 Å². The molecule has 0 radical (unpaired) electrons. The minimum Gasteiger partial charge on any atom is -0.288 e. The van der Waals surface area contributed by atoms with Crippen LogP contribution in [-0.2, 0) is 4.57 Å². The van der Waals surface area contributed by atoms with E-state index in [1.807, 2.05) is 61.8 Å². The Labute approximate surface area is 126 Å². The summed E-state index contributed by atoms with van der Waals surface area (Å²) in [5.74, 6) is 0. The number of hydrogen-bond acceptors (Lipinski definition) is 1. The number of benzene rings is 2. The smallest absolute Gasteiger partial charge is 0.227 e. The molecule has 0 heterocycles. The van der Waals surface area contributed by atoms with E-state index in [1.54, 1.807) is 0 Å². The molecule has 2 aromatic rings. The van der Waals surface area contributed by atoms with Crippen molar-refractivity contribution in [1.29, 1.82) is 0 Å². The van der Waals surface area contributed by atoms with Crippen molar-refractivity contribution in [3.63, 3.8) is 0 Å². The van der Waals surface area contributed by atoms with Crippen LogP contribution in [0.4, 0.5) is 0 Å². The molecule has 0 aliphatic heterocycles. The van der Waals surface area contributed by atoms with Crippen LogP contribution in [0.1, 0.15) is 16.8 Å². The maximum atomic E-state index is 13.8. The monoisotopic (exact) mass is 300 g/mol. The molecule has 1 aliphatic carbocycles. The lowest BCUT2D eigenvalue weighted by atomic mass is 10.1. The summed E-state index contributed by atoms with van der Waals surface area (Å²) >= 11 is 0. The van der Waals surface area contributed by atoms with E-state index in [1.165, 1.54) is 22.3 Å². The van der Waals surface area contributed by atoms with Gasteiger partial charge in [0.1, 0.15) is 0 Å². The second kappa shape index (κ2) is 5.10. The third-order valence-electron chi connectivity index (χ3n) is 4.28. The molecule has 0 bridgehead atoms. The Hall–Kier alpha value is -1.41. The fourth-order valence-electron chi connectivity index (χ4n) is 3.31. The summed E-state index contributed by atoms with van der Waals surface area (Å²) in [7, 11) is 4.92. The van der Waals surface area contributed by atoms with Crippen molar-refractivity contribution in [1.82, 2.24) is 9.34 Å². The topological polar surface area (TPSA) is 23.6 Å². The summed E-state index contributed by atoms with van der Waals surface area (Å²) in [5, 5.41) is 0. The minimum absolute atomic E-state index is 0.0881. The lowest BCUT2D eigenvalue weighted by Gasteiger charge is -2.36. The van der Waals surface area contributed by atoms with Gasteiger partial charge in [-0.1, -0.05) is 48.5 Å². The van der Waals surface area contributed by atoms with Crippen LogP contribution >= 0.6 is 7.44 Å². The van der Waals surface area contributed by atoms with E-state index in [9.17, 15) is 4.57 Å². The third kappa shape index (κ3) is 2.00. The second-order valence-electron chi connectivity index (χ2n) is 5.86. The normalized spacial score (nSPS) is 14.6. The van der Waals surface area contributed by atoms with Crippen LogP contribution in [0.5, 0.6) is 0 Å². The maximum absolute atomic E-state index is 13.8. The molecule has 0 N–H and O–H groups in total. The molecule has 1 aliphatic rings. The first kappa shape index (κ1) is 14.5. The van der Waals surface area contributed by atoms with Gasteiger partial charge in [-0.05, 0) is 50.4 Å². The van der Waals surface area contributed by atoms with Crippen LogP contribution < -0.4 is 0 Å². The van der Waals surface area contributed by atoms with Crippen LogP contribution in [0.3, 0.4) is 0 Å². The Morgan fingerprint density at radius 1 is 0.762 bits per heavy atom. The number of fused-ring (bicyclic) bond motifs is 3. The van der Waals surface area contributed by atoms with Gasteiger partial charge in [-0.2, -0.15) is 0 Å². The van der Waals surface area contributed by atoms with E-state index in [4.69, 9.17) is 0 Å². The summed E-state index contributed by atoms with van der Waals surface area (Å²) < 4.78 is 17.6. The summed E-state index contributed by atoms with van der Waals surface area (Å²) in [6.45, 7) is 0. The highest BCUT2D eigenvalue weighted by Crippen LogP contribution is 2.68. The third-order valence-corrected chi connectivity index (χ3v) is 7.81. The summed E-state index contributed by atoms with van der Waals surface area (Å²) in [4.78, 5) is 0. The molecule has 21 heavy (non-hydrogen) atoms. The van der Waals surface area contributed by atoms with E-state index in [0.29, 0.717) is 0 Å². The molecular formula is C17H21N2OP. The van der Waals surface area contributed by atoms with Gasteiger partial charge >= 0.3 is 0 Å². The van der Waals surface area contributed by atoms with Crippen LogP contribution in [-0.4, -0.2) is 37.5 Å². The SMILES string of the molecule is CN(C)P(=O)(C1c2ccccc2-c2ccccc21)N(C)C. The molecule has 0 aromatic heterocycles.